The van der Waals surface area contributed by atoms with Gasteiger partial charge in [-0.05, 0) is 25.5 Å². The van der Waals surface area contributed by atoms with Gasteiger partial charge in [-0.15, -0.1) is 0 Å². The standard InChI is InChI=1S/C14H23N3O2/c1-3-13(15)14-5-4-11(6-16-14)17-7-12(8-18)19-9-10(17)2/h4-6,10,12-13,18H,3,7-9,15H2,1-2H3/t10?,12?,13-/m1/s1. The molecule has 0 aromatic carbocycles. The SMILES string of the molecule is CC[C@@H](N)c1ccc(N2CC(CO)OCC2C)cn1. The molecule has 1 aliphatic heterocycles. The largest absolute Gasteiger partial charge is 0.394 e. The van der Waals surface area contributed by atoms with E-state index < -0.39 is 0 Å². The highest BCUT2D eigenvalue weighted by Gasteiger charge is 2.26. The smallest absolute Gasteiger partial charge is 0.0981 e. The second kappa shape index (κ2) is 6.32. The number of nitrogens with zero attached hydrogens (tertiary/aromatic N) is 2. The average Bonchev–Trinajstić information content (AvgIpc) is 2.47. The lowest BCUT2D eigenvalue weighted by atomic mass is 10.1. The molecule has 19 heavy (non-hydrogen) atoms. The lowest BCUT2D eigenvalue weighted by molar-refractivity contribution is -0.0103. The van der Waals surface area contributed by atoms with E-state index in [1.807, 2.05) is 18.3 Å². The molecule has 2 rings (SSSR count). The van der Waals surface area contributed by atoms with Crippen molar-refractivity contribution >= 4 is 5.69 Å². The molecule has 2 heterocycles. The van der Waals surface area contributed by atoms with E-state index in [0.29, 0.717) is 13.2 Å². The quantitative estimate of drug-likeness (QED) is 0.852. The maximum Gasteiger partial charge on any atom is 0.0981 e. The summed E-state index contributed by atoms with van der Waals surface area (Å²) < 4.78 is 5.54. The highest BCUT2D eigenvalue weighted by molar-refractivity contribution is 5.46. The molecule has 3 N–H and O–H groups in total. The van der Waals surface area contributed by atoms with Crippen LogP contribution in [0.15, 0.2) is 18.3 Å². The van der Waals surface area contributed by atoms with Crippen LogP contribution in [0.1, 0.15) is 32.0 Å². The maximum atomic E-state index is 9.21. The van der Waals surface area contributed by atoms with Crippen LogP contribution in [0.2, 0.25) is 0 Å². The van der Waals surface area contributed by atoms with Crippen molar-refractivity contribution in [1.82, 2.24) is 4.98 Å². The first kappa shape index (κ1) is 14.2. The van der Waals surface area contributed by atoms with E-state index in [2.05, 4.69) is 23.7 Å². The highest BCUT2D eigenvalue weighted by Crippen LogP contribution is 2.22. The molecule has 2 unspecified atom stereocenters. The van der Waals surface area contributed by atoms with Crippen LogP contribution < -0.4 is 10.6 Å². The Hall–Kier alpha value is -1.17. The number of nitrogens with two attached hydrogens (primary N) is 1. The topological polar surface area (TPSA) is 71.6 Å². The number of aliphatic hydroxyl groups is 1. The van der Waals surface area contributed by atoms with E-state index in [1.54, 1.807) is 0 Å². The number of hydrogen-bond acceptors (Lipinski definition) is 5. The van der Waals surface area contributed by atoms with Crippen LogP contribution in [0.5, 0.6) is 0 Å². The number of rotatable bonds is 4. The molecule has 1 aromatic heterocycles. The molecular weight excluding hydrogens is 242 g/mol. The Labute approximate surface area is 114 Å². The number of aromatic nitrogens is 1. The molecular formula is C14H23N3O2. The van der Waals surface area contributed by atoms with Crippen molar-refractivity contribution < 1.29 is 9.84 Å². The van der Waals surface area contributed by atoms with Crippen molar-refractivity contribution in [1.29, 1.82) is 0 Å². The van der Waals surface area contributed by atoms with Gasteiger partial charge in [-0.2, -0.15) is 0 Å². The lowest BCUT2D eigenvalue weighted by Gasteiger charge is -2.38. The number of aliphatic hydroxyl groups excluding tert-OH is 1. The summed E-state index contributed by atoms with van der Waals surface area (Å²) in [7, 11) is 0. The molecule has 1 aliphatic rings. The van der Waals surface area contributed by atoms with Crippen LogP contribution in [-0.2, 0) is 4.74 Å². The molecule has 5 heteroatoms. The summed E-state index contributed by atoms with van der Waals surface area (Å²) in [4.78, 5) is 6.66. The summed E-state index contributed by atoms with van der Waals surface area (Å²) in [5.41, 5.74) is 7.94. The fraction of sp³-hybridized carbons (Fsp3) is 0.643. The summed E-state index contributed by atoms with van der Waals surface area (Å²) in [6, 6.07) is 4.32. The molecule has 0 aliphatic carbocycles. The fourth-order valence-corrected chi connectivity index (χ4v) is 2.28. The van der Waals surface area contributed by atoms with Crippen LogP contribution >= 0.6 is 0 Å². The molecule has 3 atom stereocenters. The van der Waals surface area contributed by atoms with Crippen LogP contribution in [0, 0.1) is 0 Å². The summed E-state index contributed by atoms with van der Waals surface area (Å²) >= 11 is 0. The fourth-order valence-electron chi connectivity index (χ4n) is 2.28. The van der Waals surface area contributed by atoms with Gasteiger partial charge in [0, 0.05) is 18.6 Å². The minimum atomic E-state index is -0.117. The Morgan fingerprint density at radius 2 is 2.37 bits per heavy atom. The van der Waals surface area contributed by atoms with Gasteiger partial charge >= 0.3 is 0 Å². The first-order valence-corrected chi connectivity index (χ1v) is 6.86. The molecule has 0 spiro atoms. The zero-order valence-electron chi connectivity index (χ0n) is 11.6. The molecule has 5 nitrogen and oxygen atoms in total. The monoisotopic (exact) mass is 265 g/mol. The zero-order chi connectivity index (χ0) is 13.8. The van der Waals surface area contributed by atoms with Gasteiger partial charge in [0.25, 0.3) is 0 Å². The molecule has 0 radical (unpaired) electrons. The Bertz CT molecular complexity index is 396. The minimum absolute atomic E-state index is 0.00125. The van der Waals surface area contributed by atoms with E-state index in [0.717, 1.165) is 17.8 Å². The van der Waals surface area contributed by atoms with Crippen molar-refractivity contribution in [2.24, 2.45) is 5.73 Å². The first-order chi connectivity index (χ1) is 9.15. The number of anilines is 1. The van der Waals surface area contributed by atoms with Crippen molar-refractivity contribution in [3.05, 3.63) is 24.0 Å². The third kappa shape index (κ3) is 3.23. The number of morpholine rings is 1. The van der Waals surface area contributed by atoms with Crippen LogP contribution in [0.25, 0.3) is 0 Å². The van der Waals surface area contributed by atoms with Gasteiger partial charge in [-0.3, -0.25) is 4.98 Å². The molecule has 0 amide bonds. The van der Waals surface area contributed by atoms with Crippen molar-refractivity contribution in [2.45, 2.75) is 38.5 Å². The molecule has 1 aromatic rings. The van der Waals surface area contributed by atoms with Gasteiger partial charge in [-0.25, -0.2) is 0 Å². The first-order valence-electron chi connectivity index (χ1n) is 6.86. The second-order valence-corrected chi connectivity index (χ2v) is 5.10. The third-order valence-electron chi connectivity index (χ3n) is 3.63. The van der Waals surface area contributed by atoms with Gasteiger partial charge in [0.2, 0.25) is 0 Å². The van der Waals surface area contributed by atoms with Crippen molar-refractivity contribution in [2.75, 3.05) is 24.7 Å². The Morgan fingerprint density at radius 3 is 2.95 bits per heavy atom. The van der Waals surface area contributed by atoms with Crippen LogP contribution in [0.3, 0.4) is 0 Å². The Balaban J connectivity index is 2.11. The highest BCUT2D eigenvalue weighted by atomic mass is 16.5. The van der Waals surface area contributed by atoms with E-state index in [9.17, 15) is 5.11 Å². The number of hydrogen-bond donors (Lipinski definition) is 2. The second-order valence-electron chi connectivity index (χ2n) is 5.10. The maximum absolute atomic E-state index is 9.21. The van der Waals surface area contributed by atoms with Gasteiger partial charge in [0.15, 0.2) is 0 Å². The third-order valence-corrected chi connectivity index (χ3v) is 3.63. The molecule has 106 valence electrons. The zero-order valence-corrected chi connectivity index (χ0v) is 11.6. The van der Waals surface area contributed by atoms with Gasteiger partial charge in [-0.1, -0.05) is 6.92 Å². The van der Waals surface area contributed by atoms with Crippen LogP contribution in [0.4, 0.5) is 5.69 Å². The van der Waals surface area contributed by atoms with Gasteiger partial charge in [0.05, 0.1) is 36.9 Å². The summed E-state index contributed by atoms with van der Waals surface area (Å²) in [5.74, 6) is 0. The average molecular weight is 265 g/mol. The van der Waals surface area contributed by atoms with Crippen molar-refractivity contribution in [3.8, 4) is 0 Å². The van der Waals surface area contributed by atoms with E-state index in [4.69, 9.17) is 10.5 Å². The van der Waals surface area contributed by atoms with E-state index in [1.165, 1.54) is 0 Å². The molecule has 1 fully saturated rings. The molecule has 0 bridgehead atoms. The summed E-state index contributed by atoms with van der Waals surface area (Å²) in [6.07, 6.45) is 2.63. The van der Waals surface area contributed by atoms with E-state index >= 15 is 0 Å². The summed E-state index contributed by atoms with van der Waals surface area (Å²) in [5, 5.41) is 9.21. The Morgan fingerprint density at radius 1 is 1.58 bits per heavy atom. The summed E-state index contributed by atoms with van der Waals surface area (Å²) in [6.45, 7) is 5.53. The van der Waals surface area contributed by atoms with E-state index in [-0.39, 0.29) is 24.8 Å². The van der Waals surface area contributed by atoms with Gasteiger partial charge in [0.1, 0.15) is 0 Å². The molecule has 0 saturated carbocycles. The normalized spacial score (nSPS) is 25.4. The van der Waals surface area contributed by atoms with Gasteiger partial charge < -0.3 is 20.5 Å². The number of pyridine rings is 1. The minimum Gasteiger partial charge on any atom is -0.394 e. The number of ether oxygens (including phenoxy) is 1. The predicted molar refractivity (Wildman–Crippen MR) is 75.1 cm³/mol. The molecule has 1 saturated heterocycles. The van der Waals surface area contributed by atoms with Crippen LogP contribution in [-0.4, -0.2) is 42.0 Å². The predicted octanol–water partition coefficient (Wildman–Crippen LogP) is 1.08. The Kier molecular flexibility index (Phi) is 4.74. The lowest BCUT2D eigenvalue weighted by Crippen LogP contribution is -2.49. The van der Waals surface area contributed by atoms with Crippen molar-refractivity contribution in [3.63, 3.8) is 0 Å².